The van der Waals surface area contributed by atoms with Crippen molar-refractivity contribution in [1.29, 1.82) is 0 Å². The van der Waals surface area contributed by atoms with Crippen LogP contribution in [0.5, 0.6) is 0 Å². The molecule has 88 valence electrons. The molecule has 0 aliphatic heterocycles. The Morgan fingerprint density at radius 3 is 2.88 bits per heavy atom. The zero-order chi connectivity index (χ0) is 11.5. The van der Waals surface area contributed by atoms with Gasteiger partial charge in [0.25, 0.3) is 0 Å². The second kappa shape index (κ2) is 5.28. The Hall–Kier alpha value is -0.410. The molecule has 0 radical (unpaired) electrons. The zero-order valence-corrected chi connectivity index (χ0v) is 11.1. The van der Waals surface area contributed by atoms with Crippen molar-refractivity contribution >= 4 is 15.9 Å². The minimum Gasteiger partial charge on any atom is -0.310 e. The van der Waals surface area contributed by atoms with Crippen LogP contribution in [0.15, 0.2) is 22.7 Å². The van der Waals surface area contributed by atoms with E-state index in [0.717, 1.165) is 22.5 Å². The van der Waals surface area contributed by atoms with Gasteiger partial charge in [0.15, 0.2) is 0 Å². The van der Waals surface area contributed by atoms with Crippen LogP contribution < -0.4 is 5.32 Å². The van der Waals surface area contributed by atoms with Gasteiger partial charge in [-0.05, 0) is 37.9 Å². The summed E-state index contributed by atoms with van der Waals surface area (Å²) in [4.78, 5) is 0. The largest absolute Gasteiger partial charge is 0.310 e. The van der Waals surface area contributed by atoms with Crippen molar-refractivity contribution in [3.05, 3.63) is 34.1 Å². The molecule has 1 aromatic carbocycles. The lowest BCUT2D eigenvalue weighted by atomic mass is 10.1. The lowest BCUT2D eigenvalue weighted by molar-refractivity contribution is 0.510. The van der Waals surface area contributed by atoms with Crippen LogP contribution in [-0.2, 0) is 0 Å². The topological polar surface area (TPSA) is 12.0 Å². The molecule has 1 aliphatic rings. The second-order valence-corrected chi connectivity index (χ2v) is 5.49. The molecule has 0 saturated heterocycles. The Balaban J connectivity index is 1.88. The Morgan fingerprint density at radius 1 is 1.50 bits per heavy atom. The number of rotatable bonds is 5. The fraction of sp³-hybridized carbons (Fsp3) is 0.538. The van der Waals surface area contributed by atoms with Crippen molar-refractivity contribution in [2.45, 2.75) is 32.2 Å². The summed E-state index contributed by atoms with van der Waals surface area (Å²) in [6, 6.07) is 5.34. The summed E-state index contributed by atoms with van der Waals surface area (Å²) < 4.78 is 14.4. The smallest absolute Gasteiger partial charge is 0.129 e. The molecule has 1 saturated carbocycles. The Labute approximate surface area is 105 Å². The van der Waals surface area contributed by atoms with Gasteiger partial charge < -0.3 is 5.32 Å². The lowest BCUT2D eigenvalue weighted by Gasteiger charge is -2.15. The van der Waals surface area contributed by atoms with Gasteiger partial charge in [0.1, 0.15) is 5.82 Å². The van der Waals surface area contributed by atoms with E-state index in [1.807, 2.05) is 19.1 Å². The number of nitrogens with one attached hydrogen (secondary N) is 1. The summed E-state index contributed by atoms with van der Waals surface area (Å²) in [5.74, 6) is 0.787. The van der Waals surface area contributed by atoms with Crippen molar-refractivity contribution in [2.75, 3.05) is 6.54 Å². The van der Waals surface area contributed by atoms with Crippen LogP contribution in [0.4, 0.5) is 4.39 Å². The lowest BCUT2D eigenvalue weighted by Crippen LogP contribution is -2.21. The second-order valence-electron chi connectivity index (χ2n) is 4.57. The quantitative estimate of drug-likeness (QED) is 0.861. The molecule has 0 amide bonds. The monoisotopic (exact) mass is 285 g/mol. The summed E-state index contributed by atoms with van der Waals surface area (Å²) in [7, 11) is 0. The molecule has 1 atom stereocenters. The van der Waals surface area contributed by atoms with Gasteiger partial charge in [-0.15, -0.1) is 0 Å². The van der Waals surface area contributed by atoms with Gasteiger partial charge in [-0.2, -0.15) is 0 Å². The molecule has 1 unspecified atom stereocenters. The summed E-state index contributed by atoms with van der Waals surface area (Å²) >= 11 is 3.26. The first-order valence-electron chi connectivity index (χ1n) is 5.85. The highest BCUT2D eigenvalue weighted by Crippen LogP contribution is 2.32. The average molecular weight is 286 g/mol. The molecule has 0 bridgehead atoms. The number of halogens is 2. The summed E-state index contributed by atoms with van der Waals surface area (Å²) in [6.45, 7) is 3.00. The molecule has 1 aliphatic carbocycles. The Kier molecular flexibility index (Phi) is 3.98. The fourth-order valence-electron chi connectivity index (χ4n) is 1.87. The maximum absolute atomic E-state index is 13.6. The number of hydrogen-bond donors (Lipinski definition) is 1. The molecule has 3 heteroatoms. The van der Waals surface area contributed by atoms with Crippen molar-refractivity contribution in [2.24, 2.45) is 5.92 Å². The molecule has 1 aromatic rings. The minimum absolute atomic E-state index is 0.0897. The van der Waals surface area contributed by atoms with Crippen molar-refractivity contribution < 1.29 is 4.39 Å². The van der Waals surface area contributed by atoms with Crippen LogP contribution >= 0.6 is 15.9 Å². The summed E-state index contributed by atoms with van der Waals surface area (Å²) in [6.07, 6.45) is 3.98. The standard InChI is InChI=1S/C13H17BrFN/c1-9(16-7-6-10-2-3-10)12-5-4-11(14)8-13(12)15/h4-5,8-10,16H,2-3,6-7H2,1H3. The van der Waals surface area contributed by atoms with Gasteiger partial charge in [-0.1, -0.05) is 34.8 Å². The molecule has 0 aromatic heterocycles. The Morgan fingerprint density at radius 2 is 2.25 bits per heavy atom. The fourth-order valence-corrected chi connectivity index (χ4v) is 2.21. The zero-order valence-electron chi connectivity index (χ0n) is 9.47. The highest BCUT2D eigenvalue weighted by Gasteiger charge is 2.20. The van der Waals surface area contributed by atoms with Crippen LogP contribution in [0, 0.1) is 11.7 Å². The van der Waals surface area contributed by atoms with Crippen LogP contribution in [0.1, 0.15) is 37.8 Å². The SMILES string of the molecule is CC(NCCC1CC1)c1ccc(Br)cc1F. The minimum atomic E-state index is -0.138. The molecule has 0 heterocycles. The highest BCUT2D eigenvalue weighted by atomic mass is 79.9. The predicted molar refractivity (Wildman–Crippen MR) is 67.9 cm³/mol. The van der Waals surface area contributed by atoms with E-state index in [2.05, 4.69) is 21.2 Å². The van der Waals surface area contributed by atoms with E-state index >= 15 is 0 Å². The number of benzene rings is 1. The van der Waals surface area contributed by atoms with Gasteiger partial charge in [0.05, 0.1) is 0 Å². The first kappa shape index (κ1) is 12.1. The van der Waals surface area contributed by atoms with Crippen LogP contribution in [-0.4, -0.2) is 6.54 Å². The van der Waals surface area contributed by atoms with E-state index < -0.39 is 0 Å². The maximum Gasteiger partial charge on any atom is 0.129 e. The third-order valence-electron chi connectivity index (χ3n) is 3.13. The van der Waals surface area contributed by atoms with Crippen LogP contribution in [0.25, 0.3) is 0 Å². The first-order chi connectivity index (χ1) is 7.66. The van der Waals surface area contributed by atoms with E-state index in [1.165, 1.54) is 25.3 Å². The van der Waals surface area contributed by atoms with Gasteiger partial charge in [-0.3, -0.25) is 0 Å². The van der Waals surface area contributed by atoms with Gasteiger partial charge in [0.2, 0.25) is 0 Å². The van der Waals surface area contributed by atoms with Gasteiger partial charge in [-0.25, -0.2) is 4.39 Å². The Bertz CT molecular complexity index is 363. The average Bonchev–Trinajstić information content (AvgIpc) is 3.01. The van der Waals surface area contributed by atoms with Crippen molar-refractivity contribution in [3.8, 4) is 0 Å². The highest BCUT2D eigenvalue weighted by molar-refractivity contribution is 9.10. The molecule has 1 N–H and O–H groups in total. The van der Waals surface area contributed by atoms with Crippen molar-refractivity contribution in [1.82, 2.24) is 5.32 Å². The van der Waals surface area contributed by atoms with Crippen LogP contribution in [0.2, 0.25) is 0 Å². The molecule has 0 spiro atoms. The van der Waals surface area contributed by atoms with E-state index in [4.69, 9.17) is 0 Å². The third kappa shape index (κ3) is 3.29. The number of hydrogen-bond acceptors (Lipinski definition) is 1. The molecular formula is C13H17BrFN. The summed E-state index contributed by atoms with van der Waals surface area (Å²) in [5, 5.41) is 3.38. The molecule has 2 rings (SSSR count). The van der Waals surface area contributed by atoms with Gasteiger partial charge in [0, 0.05) is 16.1 Å². The predicted octanol–water partition coefficient (Wildman–Crippen LogP) is 4.04. The third-order valence-corrected chi connectivity index (χ3v) is 3.62. The summed E-state index contributed by atoms with van der Waals surface area (Å²) in [5.41, 5.74) is 0.749. The van der Waals surface area contributed by atoms with Crippen molar-refractivity contribution in [3.63, 3.8) is 0 Å². The normalized spacial score (nSPS) is 17.4. The molecular weight excluding hydrogens is 269 g/mol. The maximum atomic E-state index is 13.6. The molecule has 16 heavy (non-hydrogen) atoms. The molecule has 1 nitrogen and oxygen atoms in total. The van der Waals surface area contributed by atoms with E-state index in [9.17, 15) is 4.39 Å². The van der Waals surface area contributed by atoms with E-state index in [0.29, 0.717) is 0 Å². The molecule has 1 fully saturated rings. The van der Waals surface area contributed by atoms with E-state index in [-0.39, 0.29) is 11.9 Å². The van der Waals surface area contributed by atoms with E-state index in [1.54, 1.807) is 0 Å². The van der Waals surface area contributed by atoms with Crippen LogP contribution in [0.3, 0.4) is 0 Å². The first-order valence-corrected chi connectivity index (χ1v) is 6.64. The van der Waals surface area contributed by atoms with Gasteiger partial charge >= 0.3 is 0 Å².